The van der Waals surface area contributed by atoms with Gasteiger partial charge < -0.3 is 10.6 Å². The second-order valence-electron chi connectivity index (χ2n) is 5.21. The molecule has 0 atom stereocenters. The maximum absolute atomic E-state index is 12.0. The van der Waals surface area contributed by atoms with Gasteiger partial charge in [-0.3, -0.25) is 4.79 Å². The highest BCUT2D eigenvalue weighted by molar-refractivity contribution is 5.90. The molecule has 0 spiro atoms. The van der Waals surface area contributed by atoms with Crippen LogP contribution in [0.5, 0.6) is 0 Å². The zero-order valence-electron chi connectivity index (χ0n) is 12.6. The summed E-state index contributed by atoms with van der Waals surface area (Å²) in [7, 11) is 1.91. The second kappa shape index (κ2) is 7.60. The summed E-state index contributed by atoms with van der Waals surface area (Å²) in [6, 6.07) is 16.1. The van der Waals surface area contributed by atoms with E-state index in [1.54, 1.807) is 0 Å². The molecule has 0 heterocycles. The lowest BCUT2D eigenvalue weighted by atomic mass is 10.0. The fourth-order valence-electron chi connectivity index (χ4n) is 2.33. The van der Waals surface area contributed by atoms with E-state index in [0.717, 1.165) is 24.2 Å². The van der Waals surface area contributed by atoms with E-state index in [9.17, 15) is 4.79 Å². The Hall–Kier alpha value is -2.13. The topological polar surface area (TPSA) is 41.1 Å². The van der Waals surface area contributed by atoms with E-state index >= 15 is 0 Å². The van der Waals surface area contributed by atoms with Crippen molar-refractivity contribution in [3.05, 3.63) is 65.2 Å². The number of hydrogen-bond acceptors (Lipinski definition) is 2. The first-order valence-electron chi connectivity index (χ1n) is 7.27. The molecule has 2 N–H and O–H groups in total. The highest BCUT2D eigenvalue weighted by Crippen LogP contribution is 2.13. The fraction of sp³-hybridized carbons (Fsp3) is 0.278. The number of nitrogens with one attached hydrogen (secondary N) is 2. The summed E-state index contributed by atoms with van der Waals surface area (Å²) in [5.41, 5.74) is 4.49. The molecule has 2 rings (SSSR count). The summed E-state index contributed by atoms with van der Waals surface area (Å²) in [5, 5.41) is 6.07. The molecule has 3 heteroatoms. The molecule has 0 aliphatic heterocycles. The highest BCUT2D eigenvalue weighted by atomic mass is 16.1. The van der Waals surface area contributed by atoms with Crippen molar-refractivity contribution in [1.82, 2.24) is 5.32 Å². The van der Waals surface area contributed by atoms with Crippen molar-refractivity contribution in [3.63, 3.8) is 0 Å². The van der Waals surface area contributed by atoms with Crippen LogP contribution in [0, 0.1) is 6.92 Å². The molecule has 0 aromatic heterocycles. The van der Waals surface area contributed by atoms with Crippen LogP contribution in [0.25, 0.3) is 0 Å². The van der Waals surface area contributed by atoms with Crippen LogP contribution >= 0.6 is 0 Å². The Labute approximate surface area is 126 Å². The smallest absolute Gasteiger partial charge is 0.224 e. The molecule has 110 valence electrons. The summed E-state index contributed by atoms with van der Waals surface area (Å²) < 4.78 is 0. The molecular formula is C18H22N2O. The molecule has 2 aromatic rings. The van der Waals surface area contributed by atoms with Gasteiger partial charge in [0.1, 0.15) is 0 Å². The van der Waals surface area contributed by atoms with Gasteiger partial charge in [-0.15, -0.1) is 0 Å². The Morgan fingerprint density at radius 2 is 1.90 bits per heavy atom. The minimum absolute atomic E-state index is 0.0554. The zero-order valence-corrected chi connectivity index (χ0v) is 12.6. The van der Waals surface area contributed by atoms with Crippen LogP contribution in [0.4, 0.5) is 5.69 Å². The first-order chi connectivity index (χ1) is 10.2. The average molecular weight is 282 g/mol. The van der Waals surface area contributed by atoms with Gasteiger partial charge in [0.15, 0.2) is 0 Å². The van der Waals surface area contributed by atoms with Crippen molar-refractivity contribution in [3.8, 4) is 0 Å². The number of aryl methyl sites for hydroxylation is 2. The molecule has 0 aliphatic carbocycles. The van der Waals surface area contributed by atoms with Gasteiger partial charge in [0.25, 0.3) is 0 Å². The van der Waals surface area contributed by atoms with E-state index in [1.165, 1.54) is 11.1 Å². The number of carbonyl (C=O) groups excluding carboxylic acids is 1. The molecule has 0 unspecified atom stereocenters. The van der Waals surface area contributed by atoms with Crippen LogP contribution in [-0.4, -0.2) is 13.0 Å². The molecule has 1 amide bonds. The van der Waals surface area contributed by atoms with Gasteiger partial charge in [0, 0.05) is 18.7 Å². The standard InChI is InChI=1S/C18H22N2O/c1-14-6-3-4-8-16(14)10-11-18(21)20-17-9-5-7-15(12-17)13-19-2/h3-9,12,19H,10-11,13H2,1-2H3,(H,20,21). The Balaban J connectivity index is 1.90. The third-order valence-corrected chi connectivity index (χ3v) is 3.47. The number of carbonyl (C=O) groups is 1. The highest BCUT2D eigenvalue weighted by Gasteiger charge is 2.05. The van der Waals surface area contributed by atoms with Crippen molar-refractivity contribution in [2.24, 2.45) is 0 Å². The predicted octanol–water partition coefficient (Wildman–Crippen LogP) is 3.29. The summed E-state index contributed by atoms with van der Waals surface area (Å²) in [6.45, 7) is 2.88. The van der Waals surface area contributed by atoms with Crippen molar-refractivity contribution < 1.29 is 4.79 Å². The van der Waals surface area contributed by atoms with Crippen molar-refractivity contribution in [2.75, 3.05) is 12.4 Å². The van der Waals surface area contributed by atoms with Crippen LogP contribution in [0.2, 0.25) is 0 Å². The van der Waals surface area contributed by atoms with Gasteiger partial charge in [0.2, 0.25) is 5.91 Å². The first-order valence-corrected chi connectivity index (χ1v) is 7.27. The Kier molecular flexibility index (Phi) is 5.52. The third-order valence-electron chi connectivity index (χ3n) is 3.47. The molecule has 0 saturated heterocycles. The normalized spacial score (nSPS) is 10.4. The number of benzene rings is 2. The first kappa shape index (κ1) is 15.3. The SMILES string of the molecule is CNCc1cccc(NC(=O)CCc2ccccc2C)c1. The molecule has 0 aliphatic rings. The fourth-order valence-corrected chi connectivity index (χ4v) is 2.33. The number of hydrogen-bond donors (Lipinski definition) is 2. The molecule has 2 aromatic carbocycles. The average Bonchev–Trinajstić information content (AvgIpc) is 2.47. The van der Waals surface area contributed by atoms with Crippen LogP contribution in [0.3, 0.4) is 0 Å². The Morgan fingerprint density at radius 1 is 1.10 bits per heavy atom. The van der Waals surface area contributed by atoms with Crippen LogP contribution < -0.4 is 10.6 Å². The van der Waals surface area contributed by atoms with Crippen molar-refractivity contribution in [2.45, 2.75) is 26.3 Å². The monoisotopic (exact) mass is 282 g/mol. The van der Waals surface area contributed by atoms with E-state index in [-0.39, 0.29) is 5.91 Å². The quantitative estimate of drug-likeness (QED) is 0.853. The maximum Gasteiger partial charge on any atom is 0.224 e. The third kappa shape index (κ3) is 4.72. The van der Waals surface area contributed by atoms with Gasteiger partial charge in [0.05, 0.1) is 0 Å². The van der Waals surface area contributed by atoms with Gasteiger partial charge in [-0.25, -0.2) is 0 Å². The van der Waals surface area contributed by atoms with Gasteiger partial charge in [-0.05, 0) is 49.2 Å². The second-order valence-corrected chi connectivity index (χ2v) is 5.21. The molecule has 0 bridgehead atoms. The van der Waals surface area contributed by atoms with Crippen LogP contribution in [-0.2, 0) is 17.8 Å². The molecule has 0 saturated carbocycles. The van der Waals surface area contributed by atoms with E-state index in [4.69, 9.17) is 0 Å². The zero-order chi connectivity index (χ0) is 15.1. The van der Waals surface area contributed by atoms with Crippen molar-refractivity contribution in [1.29, 1.82) is 0 Å². The molecule has 21 heavy (non-hydrogen) atoms. The molecule has 3 nitrogen and oxygen atoms in total. The largest absolute Gasteiger partial charge is 0.326 e. The Bertz CT molecular complexity index is 608. The summed E-state index contributed by atoms with van der Waals surface area (Å²) in [4.78, 5) is 12.0. The van der Waals surface area contributed by atoms with Gasteiger partial charge in [-0.2, -0.15) is 0 Å². The summed E-state index contributed by atoms with van der Waals surface area (Å²) in [5.74, 6) is 0.0554. The lowest BCUT2D eigenvalue weighted by molar-refractivity contribution is -0.116. The van der Waals surface area contributed by atoms with E-state index < -0.39 is 0 Å². The number of anilines is 1. The van der Waals surface area contributed by atoms with E-state index in [2.05, 4.69) is 29.7 Å². The van der Waals surface area contributed by atoms with E-state index in [1.807, 2.05) is 43.4 Å². The van der Waals surface area contributed by atoms with E-state index in [0.29, 0.717) is 6.42 Å². The predicted molar refractivity (Wildman–Crippen MR) is 87.3 cm³/mol. The molecule has 0 fully saturated rings. The molecule has 0 radical (unpaired) electrons. The summed E-state index contributed by atoms with van der Waals surface area (Å²) in [6.07, 6.45) is 1.27. The lowest BCUT2D eigenvalue weighted by Gasteiger charge is -2.08. The molecular weight excluding hydrogens is 260 g/mol. The minimum Gasteiger partial charge on any atom is -0.326 e. The minimum atomic E-state index is 0.0554. The van der Waals surface area contributed by atoms with Crippen molar-refractivity contribution >= 4 is 11.6 Å². The lowest BCUT2D eigenvalue weighted by Crippen LogP contribution is -2.13. The Morgan fingerprint density at radius 3 is 2.67 bits per heavy atom. The van der Waals surface area contributed by atoms with Gasteiger partial charge >= 0.3 is 0 Å². The number of amides is 1. The van der Waals surface area contributed by atoms with Gasteiger partial charge in [-0.1, -0.05) is 36.4 Å². The van der Waals surface area contributed by atoms with Crippen LogP contribution in [0.1, 0.15) is 23.1 Å². The summed E-state index contributed by atoms with van der Waals surface area (Å²) >= 11 is 0. The maximum atomic E-state index is 12.0. The van der Waals surface area contributed by atoms with Crippen LogP contribution in [0.15, 0.2) is 48.5 Å². The number of rotatable bonds is 6.